The number of carbonyl (C=O) groups excluding carboxylic acids is 3. The molecular formula is C12H20N4O3. The van der Waals surface area contributed by atoms with E-state index in [0.717, 1.165) is 12.8 Å². The Morgan fingerprint density at radius 3 is 2.47 bits per heavy atom. The Kier molecular flexibility index (Phi) is 4.36. The number of carbonyl (C=O) groups is 3. The van der Waals surface area contributed by atoms with Crippen LogP contribution in [0.3, 0.4) is 0 Å². The number of hydrogen-bond acceptors (Lipinski definition) is 4. The summed E-state index contributed by atoms with van der Waals surface area (Å²) in [4.78, 5) is 38.1. The van der Waals surface area contributed by atoms with Crippen LogP contribution >= 0.6 is 0 Å². The van der Waals surface area contributed by atoms with Gasteiger partial charge in [0, 0.05) is 39.3 Å². The Bertz CT molecular complexity index is 375. The Hall–Kier alpha value is -1.63. The minimum atomic E-state index is -0.618. The lowest BCUT2D eigenvalue weighted by molar-refractivity contribution is -0.152. The molecule has 0 aromatic heterocycles. The summed E-state index contributed by atoms with van der Waals surface area (Å²) in [6, 6.07) is 0.264. The van der Waals surface area contributed by atoms with Gasteiger partial charge in [-0.25, -0.2) is 0 Å². The van der Waals surface area contributed by atoms with Gasteiger partial charge in [-0.1, -0.05) is 0 Å². The van der Waals surface area contributed by atoms with Crippen LogP contribution in [0.2, 0.25) is 0 Å². The highest BCUT2D eigenvalue weighted by Gasteiger charge is 2.28. The third kappa shape index (κ3) is 3.92. The molecule has 0 aromatic carbocycles. The fraction of sp³-hybridized carbons (Fsp3) is 0.750. The maximum absolute atomic E-state index is 11.9. The highest BCUT2D eigenvalue weighted by atomic mass is 16.2. The summed E-state index contributed by atoms with van der Waals surface area (Å²) in [5, 5.41) is 5.91. The van der Waals surface area contributed by atoms with Gasteiger partial charge >= 0.3 is 11.8 Å². The second-order valence-electron chi connectivity index (χ2n) is 5.05. The zero-order chi connectivity index (χ0) is 13.8. The zero-order valence-electron chi connectivity index (χ0n) is 11.1. The molecule has 2 rings (SSSR count). The van der Waals surface area contributed by atoms with Gasteiger partial charge in [-0.15, -0.1) is 0 Å². The number of nitrogens with one attached hydrogen (secondary N) is 2. The van der Waals surface area contributed by atoms with Crippen LogP contribution in [0.5, 0.6) is 0 Å². The quantitative estimate of drug-likeness (QED) is 0.589. The minimum absolute atomic E-state index is 0.0623. The molecule has 7 nitrogen and oxygen atoms in total. The predicted molar refractivity (Wildman–Crippen MR) is 68.3 cm³/mol. The van der Waals surface area contributed by atoms with Crippen LogP contribution in [0.25, 0.3) is 0 Å². The van der Waals surface area contributed by atoms with Gasteiger partial charge in [-0.05, 0) is 12.8 Å². The Morgan fingerprint density at radius 1 is 1.26 bits per heavy atom. The third-order valence-electron chi connectivity index (χ3n) is 3.26. The van der Waals surface area contributed by atoms with Crippen molar-refractivity contribution < 1.29 is 14.4 Å². The molecule has 1 saturated heterocycles. The topological polar surface area (TPSA) is 81.8 Å². The van der Waals surface area contributed by atoms with E-state index in [2.05, 4.69) is 10.6 Å². The molecule has 1 heterocycles. The minimum Gasteiger partial charge on any atom is -0.352 e. The predicted octanol–water partition coefficient (Wildman–Crippen LogP) is -1.84. The van der Waals surface area contributed by atoms with E-state index in [0.29, 0.717) is 26.2 Å². The molecular weight excluding hydrogens is 248 g/mol. The molecule has 7 heteroatoms. The number of rotatable bonds is 3. The molecule has 19 heavy (non-hydrogen) atoms. The van der Waals surface area contributed by atoms with Gasteiger partial charge in [0.15, 0.2) is 0 Å². The first-order chi connectivity index (χ1) is 9.08. The molecule has 2 fully saturated rings. The molecule has 1 saturated carbocycles. The second-order valence-corrected chi connectivity index (χ2v) is 5.05. The lowest BCUT2D eigenvalue weighted by Gasteiger charge is -2.28. The summed E-state index contributed by atoms with van der Waals surface area (Å²) < 4.78 is 0. The van der Waals surface area contributed by atoms with Crippen LogP contribution in [0.15, 0.2) is 0 Å². The van der Waals surface area contributed by atoms with Gasteiger partial charge in [0.1, 0.15) is 0 Å². The smallest absolute Gasteiger partial charge is 0.312 e. The first-order valence-electron chi connectivity index (χ1n) is 6.62. The second kappa shape index (κ2) is 6.01. The molecule has 1 aliphatic heterocycles. The van der Waals surface area contributed by atoms with Crippen LogP contribution in [0.4, 0.5) is 0 Å². The van der Waals surface area contributed by atoms with Crippen molar-refractivity contribution in [2.45, 2.75) is 18.9 Å². The first-order valence-corrected chi connectivity index (χ1v) is 6.62. The van der Waals surface area contributed by atoms with Crippen molar-refractivity contribution in [3.05, 3.63) is 0 Å². The van der Waals surface area contributed by atoms with E-state index in [4.69, 9.17) is 0 Å². The van der Waals surface area contributed by atoms with Gasteiger partial charge in [-0.2, -0.15) is 0 Å². The van der Waals surface area contributed by atoms with Crippen LogP contribution in [-0.4, -0.2) is 73.3 Å². The van der Waals surface area contributed by atoms with E-state index in [-0.39, 0.29) is 18.5 Å². The lowest BCUT2D eigenvalue weighted by atomic mass is 10.3. The van der Waals surface area contributed by atoms with Crippen LogP contribution in [0, 0.1) is 0 Å². The van der Waals surface area contributed by atoms with Crippen LogP contribution in [0.1, 0.15) is 12.8 Å². The van der Waals surface area contributed by atoms with Crippen molar-refractivity contribution in [1.29, 1.82) is 0 Å². The summed E-state index contributed by atoms with van der Waals surface area (Å²) in [7, 11) is 1.48. The van der Waals surface area contributed by atoms with Crippen molar-refractivity contribution in [2.24, 2.45) is 0 Å². The van der Waals surface area contributed by atoms with Gasteiger partial charge in [0.2, 0.25) is 5.91 Å². The van der Waals surface area contributed by atoms with Crippen molar-refractivity contribution in [2.75, 3.05) is 39.8 Å². The third-order valence-corrected chi connectivity index (χ3v) is 3.26. The van der Waals surface area contributed by atoms with Crippen molar-refractivity contribution in [3.8, 4) is 0 Å². The number of piperazine rings is 1. The molecule has 3 amide bonds. The van der Waals surface area contributed by atoms with E-state index in [9.17, 15) is 14.4 Å². The molecule has 2 aliphatic rings. The highest BCUT2D eigenvalue weighted by Crippen LogP contribution is 2.18. The molecule has 0 spiro atoms. The number of amides is 3. The van der Waals surface area contributed by atoms with Gasteiger partial charge in [0.25, 0.3) is 0 Å². The Balaban J connectivity index is 1.79. The van der Waals surface area contributed by atoms with E-state index >= 15 is 0 Å². The Morgan fingerprint density at radius 2 is 1.89 bits per heavy atom. The largest absolute Gasteiger partial charge is 0.352 e. The number of nitrogens with zero attached hydrogens (tertiary/aromatic N) is 2. The highest BCUT2D eigenvalue weighted by molar-refractivity contribution is 6.35. The van der Waals surface area contributed by atoms with Crippen molar-refractivity contribution in [1.82, 2.24) is 20.4 Å². The van der Waals surface area contributed by atoms with Crippen molar-refractivity contribution >= 4 is 17.7 Å². The summed E-state index contributed by atoms with van der Waals surface area (Å²) in [5.74, 6) is -1.34. The zero-order valence-corrected chi connectivity index (χ0v) is 11.1. The maximum Gasteiger partial charge on any atom is 0.312 e. The number of likely N-dealkylation sites (N-methyl/N-ethyl adjacent to an activating group) is 1. The maximum atomic E-state index is 11.9. The van der Waals surface area contributed by atoms with Gasteiger partial charge < -0.3 is 20.4 Å². The van der Waals surface area contributed by atoms with E-state index in [1.807, 2.05) is 0 Å². The fourth-order valence-electron chi connectivity index (χ4n) is 1.95. The summed E-state index contributed by atoms with van der Waals surface area (Å²) in [5.41, 5.74) is 0. The molecule has 0 atom stereocenters. The fourth-order valence-corrected chi connectivity index (χ4v) is 1.95. The summed E-state index contributed by atoms with van der Waals surface area (Å²) >= 11 is 0. The van der Waals surface area contributed by atoms with Crippen LogP contribution < -0.4 is 10.6 Å². The van der Waals surface area contributed by atoms with E-state index in [1.54, 1.807) is 0 Å². The summed E-state index contributed by atoms with van der Waals surface area (Å²) in [6.07, 6.45) is 2.01. The average molecular weight is 268 g/mol. The molecule has 0 bridgehead atoms. The molecule has 106 valence electrons. The molecule has 0 unspecified atom stereocenters. The monoisotopic (exact) mass is 268 g/mol. The van der Waals surface area contributed by atoms with E-state index in [1.165, 1.54) is 16.8 Å². The SMILES string of the molecule is CN(CC(=O)NC1CC1)C(=O)C(=O)N1CCNCC1. The molecule has 0 aromatic rings. The molecule has 0 radical (unpaired) electrons. The van der Waals surface area contributed by atoms with Crippen LogP contribution in [-0.2, 0) is 14.4 Å². The van der Waals surface area contributed by atoms with Gasteiger partial charge in [-0.3, -0.25) is 14.4 Å². The molecule has 1 aliphatic carbocycles. The lowest BCUT2D eigenvalue weighted by Crippen LogP contribution is -2.52. The van der Waals surface area contributed by atoms with Gasteiger partial charge in [0.05, 0.1) is 6.54 Å². The van der Waals surface area contributed by atoms with E-state index < -0.39 is 11.8 Å². The molecule has 2 N–H and O–H groups in total. The number of hydrogen-bond donors (Lipinski definition) is 2. The standard InChI is InChI=1S/C12H20N4O3/c1-15(8-10(17)14-9-2-3-9)11(18)12(19)16-6-4-13-5-7-16/h9,13H,2-8H2,1H3,(H,14,17). The first kappa shape index (κ1) is 13.8. The van der Waals surface area contributed by atoms with Crippen molar-refractivity contribution in [3.63, 3.8) is 0 Å². The average Bonchev–Trinajstić information content (AvgIpc) is 3.21. The normalized spacial score (nSPS) is 18.9. The Labute approximate surface area is 112 Å². The summed E-state index contributed by atoms with van der Waals surface area (Å²) in [6.45, 7) is 2.41.